The molecule has 1 aromatic rings. The highest BCUT2D eigenvalue weighted by Gasteiger charge is 2.52. The van der Waals surface area contributed by atoms with Gasteiger partial charge in [0.15, 0.2) is 0 Å². The lowest BCUT2D eigenvalue weighted by atomic mass is 9.92. The first-order valence-electron chi connectivity index (χ1n) is 8.00. The Kier molecular flexibility index (Phi) is 5.04. The van der Waals surface area contributed by atoms with Crippen LogP contribution < -0.4 is 5.32 Å². The average molecular weight is 293 g/mol. The van der Waals surface area contributed by atoms with Gasteiger partial charge in [0.25, 0.3) is 0 Å². The minimum Gasteiger partial charge on any atom is -0.468 e. The summed E-state index contributed by atoms with van der Waals surface area (Å²) in [7, 11) is 1.47. The van der Waals surface area contributed by atoms with Gasteiger partial charge in [0.1, 0.15) is 5.54 Å². The molecule has 2 rings (SSSR count). The van der Waals surface area contributed by atoms with Crippen LogP contribution in [-0.4, -0.2) is 34.9 Å². The summed E-state index contributed by atoms with van der Waals surface area (Å²) in [6.45, 7) is 7.56. The van der Waals surface area contributed by atoms with E-state index in [1.165, 1.54) is 12.8 Å². The third-order valence-electron chi connectivity index (χ3n) is 4.35. The molecule has 0 spiro atoms. The van der Waals surface area contributed by atoms with Crippen LogP contribution in [0.1, 0.15) is 45.0 Å². The van der Waals surface area contributed by atoms with Crippen molar-refractivity contribution in [1.29, 1.82) is 0 Å². The molecule has 0 radical (unpaired) electrons. The first kappa shape index (κ1) is 16.0. The fraction of sp³-hybridized carbons (Fsp3) is 0.750. The monoisotopic (exact) mass is 293 g/mol. The molecule has 1 aliphatic carbocycles. The Bertz CT molecular complexity index is 494. The lowest BCUT2D eigenvalue weighted by molar-refractivity contribution is -0.150. The van der Waals surface area contributed by atoms with E-state index in [9.17, 15) is 4.79 Å². The van der Waals surface area contributed by atoms with Gasteiger partial charge < -0.3 is 10.1 Å². The van der Waals surface area contributed by atoms with Gasteiger partial charge in [-0.05, 0) is 44.2 Å². The number of rotatable bonds is 8. The summed E-state index contributed by atoms with van der Waals surface area (Å²) in [5.74, 6) is 0.186. The Hall–Kier alpha value is -1.36. The zero-order valence-electron chi connectivity index (χ0n) is 13.6. The van der Waals surface area contributed by atoms with Gasteiger partial charge in [0.2, 0.25) is 0 Å². The molecule has 1 saturated carbocycles. The van der Waals surface area contributed by atoms with Gasteiger partial charge in [-0.2, -0.15) is 5.10 Å². The van der Waals surface area contributed by atoms with Crippen molar-refractivity contribution in [2.75, 3.05) is 13.7 Å². The van der Waals surface area contributed by atoms with Crippen LogP contribution in [0, 0.1) is 5.92 Å². The highest BCUT2D eigenvalue weighted by molar-refractivity contribution is 5.81. The van der Waals surface area contributed by atoms with Gasteiger partial charge in [-0.1, -0.05) is 20.8 Å². The van der Waals surface area contributed by atoms with Crippen LogP contribution in [0.15, 0.2) is 6.07 Å². The van der Waals surface area contributed by atoms with Crippen molar-refractivity contribution in [3.63, 3.8) is 0 Å². The van der Waals surface area contributed by atoms with E-state index in [4.69, 9.17) is 4.74 Å². The van der Waals surface area contributed by atoms with Crippen LogP contribution in [0.25, 0.3) is 0 Å². The summed E-state index contributed by atoms with van der Waals surface area (Å²) < 4.78 is 7.10. The quantitative estimate of drug-likeness (QED) is 0.744. The highest BCUT2D eigenvalue weighted by atomic mass is 16.5. The van der Waals surface area contributed by atoms with E-state index < -0.39 is 5.54 Å². The maximum Gasteiger partial charge on any atom is 0.328 e. The summed E-state index contributed by atoms with van der Waals surface area (Å²) in [4.78, 5) is 12.5. The first-order valence-corrected chi connectivity index (χ1v) is 8.00. The minimum atomic E-state index is -0.634. The van der Waals surface area contributed by atoms with E-state index in [0.29, 0.717) is 12.5 Å². The first-order chi connectivity index (χ1) is 10.1. The van der Waals surface area contributed by atoms with Crippen LogP contribution >= 0.6 is 0 Å². The third kappa shape index (κ3) is 3.12. The summed E-state index contributed by atoms with van der Waals surface area (Å²) in [6.07, 6.45) is 3.98. The molecule has 5 heteroatoms. The molecule has 1 aliphatic rings. The Labute approximate surface area is 127 Å². The summed E-state index contributed by atoms with van der Waals surface area (Å²) in [5.41, 5.74) is 1.63. The average Bonchev–Trinajstić information content (AvgIpc) is 3.28. The largest absolute Gasteiger partial charge is 0.468 e. The van der Waals surface area contributed by atoms with E-state index in [2.05, 4.69) is 30.3 Å². The molecular formula is C16H27N3O2. The number of hydrogen-bond donors (Lipinski definition) is 1. The molecule has 5 nitrogen and oxygen atoms in total. The Morgan fingerprint density at radius 3 is 2.62 bits per heavy atom. The van der Waals surface area contributed by atoms with Crippen LogP contribution in [0.5, 0.6) is 0 Å². The van der Waals surface area contributed by atoms with Crippen molar-refractivity contribution in [2.24, 2.45) is 5.92 Å². The molecule has 1 atom stereocenters. The van der Waals surface area contributed by atoms with Crippen LogP contribution in [0.4, 0.5) is 0 Å². The van der Waals surface area contributed by atoms with Crippen molar-refractivity contribution in [3.05, 3.63) is 17.5 Å². The number of nitrogens with zero attached hydrogens (tertiary/aromatic N) is 2. The fourth-order valence-electron chi connectivity index (χ4n) is 3.05. The molecule has 118 valence electrons. The fourth-order valence-corrected chi connectivity index (χ4v) is 3.05. The lowest BCUT2D eigenvalue weighted by Crippen LogP contribution is -2.57. The van der Waals surface area contributed by atoms with Crippen molar-refractivity contribution < 1.29 is 9.53 Å². The van der Waals surface area contributed by atoms with Gasteiger partial charge >= 0.3 is 5.97 Å². The van der Waals surface area contributed by atoms with Gasteiger partial charge in [-0.3, -0.25) is 4.68 Å². The number of nitrogens with one attached hydrogen (secondary N) is 1. The Morgan fingerprint density at radius 2 is 2.14 bits per heavy atom. The lowest BCUT2D eigenvalue weighted by Gasteiger charge is -2.32. The standard InChI is InChI=1S/C16H27N3O2/c1-5-13-10-14(6-2)19(18-13)11-16(17-7-3,12-8-9-12)15(20)21-4/h10,12,17H,5-9,11H2,1-4H3. The second-order valence-corrected chi connectivity index (χ2v) is 5.76. The van der Waals surface area contributed by atoms with Crippen LogP contribution in [0.3, 0.4) is 0 Å². The topological polar surface area (TPSA) is 56.2 Å². The predicted molar refractivity (Wildman–Crippen MR) is 82.1 cm³/mol. The molecule has 1 unspecified atom stereocenters. The second kappa shape index (κ2) is 6.60. The third-order valence-corrected chi connectivity index (χ3v) is 4.35. The SMILES string of the molecule is CCNC(Cn1nc(CC)cc1CC)(C(=O)OC)C1CC1. The molecule has 1 heterocycles. The second-order valence-electron chi connectivity index (χ2n) is 5.76. The van der Waals surface area contributed by atoms with E-state index >= 15 is 0 Å². The summed E-state index contributed by atoms with van der Waals surface area (Å²) >= 11 is 0. The number of esters is 1. The van der Waals surface area contributed by atoms with Gasteiger partial charge in [-0.15, -0.1) is 0 Å². The summed E-state index contributed by atoms with van der Waals surface area (Å²) in [6, 6.07) is 2.14. The molecule has 1 aromatic heterocycles. The zero-order valence-corrected chi connectivity index (χ0v) is 13.6. The maximum absolute atomic E-state index is 12.5. The number of aryl methyl sites for hydroxylation is 2. The number of aromatic nitrogens is 2. The van der Waals surface area contributed by atoms with E-state index in [-0.39, 0.29) is 5.97 Å². The van der Waals surface area contributed by atoms with E-state index in [1.807, 2.05) is 11.6 Å². The number of likely N-dealkylation sites (N-methyl/N-ethyl adjacent to an activating group) is 1. The number of ether oxygens (including phenoxy) is 1. The van der Waals surface area contributed by atoms with Gasteiger partial charge in [0.05, 0.1) is 19.3 Å². The smallest absolute Gasteiger partial charge is 0.328 e. The summed E-state index contributed by atoms with van der Waals surface area (Å²) in [5, 5.41) is 8.06. The molecule has 0 saturated heterocycles. The van der Waals surface area contributed by atoms with Crippen molar-refractivity contribution >= 4 is 5.97 Å². The van der Waals surface area contributed by atoms with Gasteiger partial charge in [0, 0.05) is 5.69 Å². The molecular weight excluding hydrogens is 266 g/mol. The molecule has 0 amide bonds. The highest BCUT2D eigenvalue weighted by Crippen LogP contribution is 2.41. The number of methoxy groups -OCH3 is 1. The molecule has 1 N–H and O–H groups in total. The van der Waals surface area contributed by atoms with Gasteiger partial charge in [-0.25, -0.2) is 4.79 Å². The van der Waals surface area contributed by atoms with Crippen LogP contribution in [0.2, 0.25) is 0 Å². The number of hydrogen-bond acceptors (Lipinski definition) is 4. The van der Waals surface area contributed by atoms with Crippen molar-refractivity contribution in [1.82, 2.24) is 15.1 Å². The van der Waals surface area contributed by atoms with E-state index in [0.717, 1.165) is 37.9 Å². The number of carbonyl (C=O) groups is 1. The maximum atomic E-state index is 12.5. The molecule has 0 aromatic carbocycles. The minimum absolute atomic E-state index is 0.164. The van der Waals surface area contributed by atoms with Crippen molar-refractivity contribution in [2.45, 2.75) is 58.5 Å². The zero-order chi connectivity index (χ0) is 15.5. The predicted octanol–water partition coefficient (Wildman–Crippen LogP) is 1.94. The van der Waals surface area contributed by atoms with Crippen molar-refractivity contribution in [3.8, 4) is 0 Å². The molecule has 1 fully saturated rings. The Balaban J connectivity index is 2.33. The number of carbonyl (C=O) groups excluding carboxylic acids is 1. The molecule has 0 aliphatic heterocycles. The van der Waals surface area contributed by atoms with Crippen LogP contribution in [-0.2, 0) is 28.9 Å². The van der Waals surface area contributed by atoms with E-state index in [1.54, 1.807) is 0 Å². The molecule has 21 heavy (non-hydrogen) atoms. The Morgan fingerprint density at radius 1 is 1.43 bits per heavy atom. The normalized spacial score (nSPS) is 17.5. The molecule has 0 bridgehead atoms.